The van der Waals surface area contributed by atoms with Gasteiger partial charge in [-0.2, -0.15) is 0 Å². The van der Waals surface area contributed by atoms with Crippen molar-refractivity contribution < 1.29 is 19.1 Å². The number of aromatic amines is 1. The highest BCUT2D eigenvalue weighted by Crippen LogP contribution is 2.46. The van der Waals surface area contributed by atoms with Crippen molar-refractivity contribution in [2.45, 2.75) is 63.8 Å². The van der Waals surface area contributed by atoms with Crippen LogP contribution in [0.2, 0.25) is 0 Å². The third-order valence-corrected chi connectivity index (χ3v) is 8.02. The molecule has 0 radical (unpaired) electrons. The second-order valence-electron chi connectivity index (χ2n) is 11.1. The summed E-state index contributed by atoms with van der Waals surface area (Å²) in [6, 6.07) is 13.8. The molecule has 1 aromatic heterocycles. The van der Waals surface area contributed by atoms with Gasteiger partial charge in [-0.15, -0.1) is 0 Å². The van der Waals surface area contributed by atoms with Crippen LogP contribution in [0.15, 0.2) is 48.5 Å². The Hall–Kier alpha value is -3.65. The SMILES string of the molecule is CC(C)C[C@H](NC(=O)[C@@H]1Cc2c([nH]c3ccccc23)C2c3ccccc3C(=O)N21)C(=O)NCC1CCCO1. The monoisotopic (exact) mass is 514 g/mol. The second-order valence-corrected chi connectivity index (χ2v) is 11.1. The molecule has 8 heteroatoms. The molecule has 38 heavy (non-hydrogen) atoms. The maximum Gasteiger partial charge on any atom is 0.255 e. The maximum atomic E-state index is 13.9. The topological polar surface area (TPSA) is 104 Å². The van der Waals surface area contributed by atoms with Crippen molar-refractivity contribution in [3.8, 4) is 0 Å². The minimum absolute atomic E-state index is 0.0227. The summed E-state index contributed by atoms with van der Waals surface area (Å²) >= 11 is 0. The van der Waals surface area contributed by atoms with Gasteiger partial charge in [0.05, 0.1) is 12.1 Å². The molecule has 0 bridgehead atoms. The minimum Gasteiger partial charge on any atom is -0.376 e. The summed E-state index contributed by atoms with van der Waals surface area (Å²) in [5.41, 5.74) is 4.52. The Morgan fingerprint density at radius 1 is 1.13 bits per heavy atom. The average molecular weight is 515 g/mol. The maximum absolute atomic E-state index is 13.9. The zero-order valence-electron chi connectivity index (χ0n) is 21.8. The van der Waals surface area contributed by atoms with E-state index in [1.54, 1.807) is 4.90 Å². The molecule has 1 saturated heterocycles. The highest BCUT2D eigenvalue weighted by atomic mass is 16.5. The van der Waals surface area contributed by atoms with Gasteiger partial charge in [0.2, 0.25) is 11.8 Å². The third kappa shape index (κ3) is 4.26. The predicted octanol–water partition coefficient (Wildman–Crippen LogP) is 3.46. The number of para-hydroxylation sites is 1. The number of carbonyl (C=O) groups excluding carboxylic acids is 3. The molecule has 6 rings (SSSR count). The molecular weight excluding hydrogens is 480 g/mol. The van der Waals surface area contributed by atoms with Crippen LogP contribution in [0.4, 0.5) is 0 Å². The Balaban J connectivity index is 1.31. The Morgan fingerprint density at radius 3 is 2.71 bits per heavy atom. The molecule has 4 atom stereocenters. The zero-order chi connectivity index (χ0) is 26.4. The lowest BCUT2D eigenvalue weighted by atomic mass is 9.89. The van der Waals surface area contributed by atoms with Crippen molar-refractivity contribution in [1.29, 1.82) is 0 Å². The number of amides is 3. The van der Waals surface area contributed by atoms with Crippen LogP contribution in [0.25, 0.3) is 10.9 Å². The van der Waals surface area contributed by atoms with Gasteiger partial charge in [-0.3, -0.25) is 14.4 Å². The summed E-state index contributed by atoms with van der Waals surface area (Å²) in [6.45, 7) is 5.22. The molecule has 3 aliphatic rings. The number of hydrogen-bond donors (Lipinski definition) is 3. The number of fused-ring (bicyclic) bond motifs is 7. The molecule has 4 heterocycles. The van der Waals surface area contributed by atoms with Crippen molar-refractivity contribution in [1.82, 2.24) is 20.5 Å². The first kappa shape index (κ1) is 24.7. The molecular formula is C30H34N4O4. The normalized spacial score (nSPS) is 22.8. The summed E-state index contributed by atoms with van der Waals surface area (Å²) in [5, 5.41) is 7.07. The molecule has 3 aliphatic heterocycles. The Morgan fingerprint density at radius 2 is 1.92 bits per heavy atom. The Bertz CT molecular complexity index is 1390. The molecule has 0 aliphatic carbocycles. The van der Waals surface area contributed by atoms with E-state index in [1.807, 2.05) is 56.3 Å². The van der Waals surface area contributed by atoms with Crippen LogP contribution in [0.5, 0.6) is 0 Å². The second kappa shape index (κ2) is 9.91. The fraction of sp³-hybridized carbons (Fsp3) is 0.433. The van der Waals surface area contributed by atoms with E-state index in [0.29, 0.717) is 24.9 Å². The third-order valence-electron chi connectivity index (χ3n) is 8.02. The molecule has 0 spiro atoms. The largest absolute Gasteiger partial charge is 0.376 e. The van der Waals surface area contributed by atoms with Gasteiger partial charge < -0.3 is 25.3 Å². The first-order valence-corrected chi connectivity index (χ1v) is 13.6. The van der Waals surface area contributed by atoms with Crippen LogP contribution >= 0.6 is 0 Å². The number of hydrogen-bond acceptors (Lipinski definition) is 4. The lowest BCUT2D eigenvalue weighted by Gasteiger charge is -2.38. The summed E-state index contributed by atoms with van der Waals surface area (Å²) < 4.78 is 5.64. The van der Waals surface area contributed by atoms with Crippen molar-refractivity contribution >= 4 is 28.6 Å². The van der Waals surface area contributed by atoms with Crippen molar-refractivity contribution in [2.75, 3.05) is 13.2 Å². The van der Waals surface area contributed by atoms with E-state index in [9.17, 15) is 14.4 Å². The smallest absolute Gasteiger partial charge is 0.255 e. The number of nitrogens with one attached hydrogen (secondary N) is 3. The van der Waals surface area contributed by atoms with Gasteiger partial charge in [0.1, 0.15) is 12.1 Å². The fourth-order valence-corrected chi connectivity index (χ4v) is 6.25. The predicted molar refractivity (Wildman–Crippen MR) is 144 cm³/mol. The number of carbonyl (C=O) groups is 3. The van der Waals surface area contributed by atoms with E-state index >= 15 is 0 Å². The van der Waals surface area contributed by atoms with Gasteiger partial charge in [0.15, 0.2) is 0 Å². The molecule has 198 valence electrons. The number of rotatable bonds is 7. The van der Waals surface area contributed by atoms with Crippen LogP contribution in [-0.4, -0.2) is 58.9 Å². The van der Waals surface area contributed by atoms with E-state index in [-0.39, 0.29) is 35.8 Å². The summed E-state index contributed by atoms with van der Waals surface area (Å²) in [5.74, 6) is -0.465. The summed E-state index contributed by atoms with van der Waals surface area (Å²) in [6.07, 6.45) is 2.83. The Kier molecular flexibility index (Phi) is 6.43. The zero-order valence-corrected chi connectivity index (χ0v) is 21.8. The fourth-order valence-electron chi connectivity index (χ4n) is 6.25. The molecule has 0 saturated carbocycles. The van der Waals surface area contributed by atoms with Crippen molar-refractivity contribution in [3.63, 3.8) is 0 Å². The van der Waals surface area contributed by atoms with Crippen LogP contribution in [0.1, 0.15) is 66.3 Å². The number of aromatic nitrogens is 1. The van der Waals surface area contributed by atoms with Gasteiger partial charge in [-0.25, -0.2) is 0 Å². The van der Waals surface area contributed by atoms with Gasteiger partial charge in [0.25, 0.3) is 5.91 Å². The molecule has 3 N–H and O–H groups in total. The first-order valence-electron chi connectivity index (χ1n) is 13.6. The molecule has 3 aromatic rings. The van der Waals surface area contributed by atoms with Crippen LogP contribution in [-0.2, 0) is 20.7 Å². The van der Waals surface area contributed by atoms with E-state index in [2.05, 4.69) is 21.7 Å². The molecule has 2 unspecified atom stereocenters. The molecule has 3 amide bonds. The van der Waals surface area contributed by atoms with Crippen molar-refractivity contribution in [2.24, 2.45) is 5.92 Å². The molecule has 1 fully saturated rings. The lowest BCUT2D eigenvalue weighted by molar-refractivity contribution is -0.132. The number of ether oxygens (including phenoxy) is 1. The summed E-state index contributed by atoms with van der Waals surface area (Å²) in [4.78, 5) is 46.0. The minimum atomic E-state index is -0.729. The van der Waals surface area contributed by atoms with E-state index in [1.165, 1.54) is 0 Å². The summed E-state index contributed by atoms with van der Waals surface area (Å²) in [7, 11) is 0. The van der Waals surface area contributed by atoms with Gasteiger partial charge >= 0.3 is 0 Å². The van der Waals surface area contributed by atoms with Gasteiger partial charge in [0, 0.05) is 41.7 Å². The van der Waals surface area contributed by atoms with Crippen LogP contribution in [0, 0.1) is 5.92 Å². The van der Waals surface area contributed by atoms with Crippen LogP contribution in [0.3, 0.4) is 0 Å². The van der Waals surface area contributed by atoms with Crippen molar-refractivity contribution in [3.05, 3.63) is 70.9 Å². The quantitative estimate of drug-likeness (QED) is 0.449. The van der Waals surface area contributed by atoms with Crippen LogP contribution < -0.4 is 10.6 Å². The highest BCUT2D eigenvalue weighted by Gasteiger charge is 2.49. The average Bonchev–Trinajstić information content (AvgIpc) is 3.63. The lowest BCUT2D eigenvalue weighted by Crippen LogP contribution is -2.57. The highest BCUT2D eigenvalue weighted by molar-refractivity contribution is 6.04. The molecule has 2 aromatic carbocycles. The van der Waals surface area contributed by atoms with Gasteiger partial charge in [-0.1, -0.05) is 50.2 Å². The van der Waals surface area contributed by atoms with E-state index in [0.717, 1.165) is 47.2 Å². The van der Waals surface area contributed by atoms with E-state index in [4.69, 9.17) is 4.74 Å². The van der Waals surface area contributed by atoms with Gasteiger partial charge in [-0.05, 0) is 48.4 Å². The molecule has 8 nitrogen and oxygen atoms in total. The number of H-pyrrole nitrogens is 1. The number of benzene rings is 2. The van der Waals surface area contributed by atoms with E-state index < -0.39 is 12.1 Å². The standard InChI is InChI=1S/C30H34N4O4/c1-17(2)14-24(28(35)31-16-18-8-7-13-38-18)33-29(36)25-15-22-19-9-5-6-12-23(19)32-26(22)27-20-10-3-4-11-21(20)30(37)34(25)27/h3-6,9-12,17-18,24-25,27,32H,7-8,13-16H2,1-2H3,(H,31,35)(H,33,36)/t18?,24-,25-,27?/m0/s1. The first-order chi connectivity index (χ1) is 18.4. The number of nitrogens with zero attached hydrogens (tertiary/aromatic N) is 1. The Labute approximate surface area is 222 Å².